The van der Waals surface area contributed by atoms with Crippen LogP contribution in [0.15, 0.2) is 0 Å². The zero-order valence-electron chi connectivity index (χ0n) is 9.67. The Morgan fingerprint density at radius 1 is 1.40 bits per heavy atom. The van der Waals surface area contributed by atoms with E-state index in [4.69, 9.17) is 0 Å². The molecule has 1 aliphatic heterocycles. The van der Waals surface area contributed by atoms with Crippen LogP contribution in [-0.4, -0.2) is 36.5 Å². The van der Waals surface area contributed by atoms with Crippen molar-refractivity contribution in [1.82, 2.24) is 10.2 Å². The Hall–Kier alpha value is -0.570. The highest BCUT2D eigenvalue weighted by Crippen LogP contribution is 2.28. The van der Waals surface area contributed by atoms with Gasteiger partial charge in [0, 0.05) is 19.0 Å². The highest BCUT2D eigenvalue weighted by Gasteiger charge is 2.32. The van der Waals surface area contributed by atoms with E-state index in [2.05, 4.69) is 17.1 Å². The average Bonchev–Trinajstić information content (AvgIpc) is 2.93. The predicted octanol–water partition coefficient (Wildman–Crippen LogP) is 1.39. The fourth-order valence-electron chi connectivity index (χ4n) is 2.39. The number of carbonyl (C=O) groups is 1. The summed E-state index contributed by atoms with van der Waals surface area (Å²) in [5, 5.41) is 3.32. The molecule has 2 fully saturated rings. The summed E-state index contributed by atoms with van der Waals surface area (Å²) in [5.74, 6) is 0.989. The van der Waals surface area contributed by atoms with Gasteiger partial charge in [0.05, 0.1) is 0 Å². The molecule has 1 N–H and O–H groups in total. The molecule has 0 radical (unpaired) electrons. The van der Waals surface area contributed by atoms with E-state index in [1.165, 1.54) is 19.3 Å². The van der Waals surface area contributed by atoms with E-state index >= 15 is 0 Å². The molecule has 0 aromatic heterocycles. The third-order valence-electron chi connectivity index (χ3n) is 3.40. The van der Waals surface area contributed by atoms with Gasteiger partial charge in [0.1, 0.15) is 0 Å². The molecule has 3 heteroatoms. The molecule has 0 bridgehead atoms. The number of hydrogen-bond acceptors (Lipinski definition) is 2. The molecular weight excluding hydrogens is 188 g/mol. The van der Waals surface area contributed by atoms with Gasteiger partial charge in [0.2, 0.25) is 5.91 Å². The van der Waals surface area contributed by atoms with E-state index in [9.17, 15) is 4.79 Å². The van der Waals surface area contributed by atoms with Crippen LogP contribution in [0.25, 0.3) is 0 Å². The molecule has 15 heavy (non-hydrogen) atoms. The fraction of sp³-hybridized carbons (Fsp3) is 0.917. The van der Waals surface area contributed by atoms with Crippen LogP contribution in [0.5, 0.6) is 0 Å². The number of rotatable bonds is 5. The zero-order valence-corrected chi connectivity index (χ0v) is 9.67. The molecule has 1 unspecified atom stereocenters. The number of nitrogens with zero attached hydrogens (tertiary/aromatic N) is 1. The minimum atomic E-state index is 0.396. The Morgan fingerprint density at radius 2 is 2.20 bits per heavy atom. The van der Waals surface area contributed by atoms with E-state index in [0.717, 1.165) is 32.5 Å². The summed E-state index contributed by atoms with van der Waals surface area (Å²) in [7, 11) is 0. The summed E-state index contributed by atoms with van der Waals surface area (Å²) in [6, 6.07) is 0.590. The first kappa shape index (κ1) is 10.9. The normalized spacial score (nSPS) is 25.5. The van der Waals surface area contributed by atoms with Crippen LogP contribution in [0.3, 0.4) is 0 Å². The number of nitrogens with one attached hydrogen (secondary N) is 1. The lowest BCUT2D eigenvalue weighted by Crippen LogP contribution is -2.35. The van der Waals surface area contributed by atoms with Crippen LogP contribution in [-0.2, 0) is 4.79 Å². The van der Waals surface area contributed by atoms with Crippen molar-refractivity contribution in [2.75, 3.05) is 19.6 Å². The second kappa shape index (κ2) is 4.97. The number of carbonyl (C=O) groups excluding carboxylic acids is 1. The summed E-state index contributed by atoms with van der Waals surface area (Å²) in [4.78, 5) is 14.2. The number of amides is 1. The summed E-state index contributed by atoms with van der Waals surface area (Å²) in [5.41, 5.74) is 0. The topological polar surface area (TPSA) is 32.3 Å². The highest BCUT2D eigenvalue weighted by molar-refractivity contribution is 5.77. The van der Waals surface area contributed by atoms with Crippen molar-refractivity contribution in [3.05, 3.63) is 0 Å². The molecule has 2 aliphatic rings. The third kappa shape index (κ3) is 2.94. The Balaban J connectivity index is 1.80. The van der Waals surface area contributed by atoms with Gasteiger partial charge in [-0.25, -0.2) is 0 Å². The molecular formula is C12H22N2O. The summed E-state index contributed by atoms with van der Waals surface area (Å²) in [6.07, 6.45) is 5.49. The molecule has 3 nitrogen and oxygen atoms in total. The van der Waals surface area contributed by atoms with Crippen molar-refractivity contribution in [3.8, 4) is 0 Å². The van der Waals surface area contributed by atoms with Gasteiger partial charge in [-0.3, -0.25) is 4.79 Å². The van der Waals surface area contributed by atoms with Crippen LogP contribution >= 0.6 is 0 Å². The van der Waals surface area contributed by atoms with Gasteiger partial charge in [-0.2, -0.15) is 0 Å². The maximum Gasteiger partial charge on any atom is 0.223 e. The van der Waals surface area contributed by atoms with Gasteiger partial charge in [0.25, 0.3) is 0 Å². The summed E-state index contributed by atoms with van der Waals surface area (Å²) >= 11 is 0. The van der Waals surface area contributed by atoms with E-state index in [1.54, 1.807) is 0 Å². The molecule has 86 valence electrons. The van der Waals surface area contributed by atoms with Crippen molar-refractivity contribution < 1.29 is 4.79 Å². The Kier molecular flexibility index (Phi) is 3.62. The van der Waals surface area contributed by atoms with Gasteiger partial charge in [0.15, 0.2) is 0 Å². The molecule has 1 amide bonds. The second-order valence-corrected chi connectivity index (χ2v) is 4.88. The first-order chi connectivity index (χ1) is 7.31. The molecule has 1 aliphatic carbocycles. The quantitative estimate of drug-likeness (QED) is 0.743. The standard InChI is InChI=1S/C12H22N2O/c1-2-7-14(11-3-4-11)12(15)8-10-5-6-13-9-10/h10-11,13H,2-9H2,1H3. The lowest BCUT2D eigenvalue weighted by Gasteiger charge is -2.23. The van der Waals surface area contributed by atoms with Crippen molar-refractivity contribution in [1.29, 1.82) is 0 Å². The lowest BCUT2D eigenvalue weighted by molar-refractivity contribution is -0.132. The molecule has 1 saturated heterocycles. The largest absolute Gasteiger partial charge is 0.340 e. The smallest absolute Gasteiger partial charge is 0.223 e. The van der Waals surface area contributed by atoms with Gasteiger partial charge in [-0.15, -0.1) is 0 Å². The molecule has 2 rings (SSSR count). The monoisotopic (exact) mass is 210 g/mol. The van der Waals surface area contributed by atoms with Gasteiger partial charge in [-0.1, -0.05) is 6.92 Å². The zero-order chi connectivity index (χ0) is 10.7. The summed E-state index contributed by atoms with van der Waals surface area (Å²) < 4.78 is 0. The molecule has 1 saturated carbocycles. The van der Waals surface area contributed by atoms with Crippen LogP contribution in [0, 0.1) is 5.92 Å². The Morgan fingerprint density at radius 3 is 2.73 bits per heavy atom. The van der Waals surface area contributed by atoms with Crippen LogP contribution in [0.4, 0.5) is 0 Å². The van der Waals surface area contributed by atoms with Gasteiger partial charge >= 0.3 is 0 Å². The molecule has 0 aromatic rings. The SMILES string of the molecule is CCCN(C(=O)CC1CCNC1)C1CC1. The van der Waals surface area contributed by atoms with Crippen molar-refractivity contribution in [3.63, 3.8) is 0 Å². The molecule has 1 heterocycles. The predicted molar refractivity (Wildman–Crippen MR) is 60.6 cm³/mol. The Bertz CT molecular complexity index is 220. The number of hydrogen-bond donors (Lipinski definition) is 1. The van der Waals surface area contributed by atoms with Crippen LogP contribution < -0.4 is 5.32 Å². The van der Waals surface area contributed by atoms with E-state index in [-0.39, 0.29) is 0 Å². The average molecular weight is 210 g/mol. The van der Waals surface area contributed by atoms with E-state index < -0.39 is 0 Å². The Labute approximate surface area is 92.2 Å². The lowest BCUT2D eigenvalue weighted by atomic mass is 10.0. The van der Waals surface area contributed by atoms with Gasteiger partial charge in [-0.05, 0) is 44.7 Å². The van der Waals surface area contributed by atoms with E-state index in [0.29, 0.717) is 17.9 Å². The first-order valence-corrected chi connectivity index (χ1v) is 6.31. The summed E-state index contributed by atoms with van der Waals surface area (Å²) in [6.45, 7) is 5.24. The third-order valence-corrected chi connectivity index (χ3v) is 3.40. The van der Waals surface area contributed by atoms with Crippen molar-refractivity contribution in [2.45, 2.75) is 45.1 Å². The minimum Gasteiger partial charge on any atom is -0.340 e. The second-order valence-electron chi connectivity index (χ2n) is 4.88. The maximum atomic E-state index is 12.1. The van der Waals surface area contributed by atoms with E-state index in [1.807, 2.05) is 0 Å². The minimum absolute atomic E-state index is 0.396. The maximum absolute atomic E-state index is 12.1. The molecule has 0 aromatic carbocycles. The fourth-order valence-corrected chi connectivity index (χ4v) is 2.39. The van der Waals surface area contributed by atoms with Crippen molar-refractivity contribution in [2.24, 2.45) is 5.92 Å². The molecule has 1 atom stereocenters. The molecule has 0 spiro atoms. The van der Waals surface area contributed by atoms with Crippen LogP contribution in [0.1, 0.15) is 39.0 Å². The van der Waals surface area contributed by atoms with Crippen molar-refractivity contribution >= 4 is 5.91 Å². The van der Waals surface area contributed by atoms with Gasteiger partial charge < -0.3 is 10.2 Å². The van der Waals surface area contributed by atoms with Crippen LogP contribution in [0.2, 0.25) is 0 Å². The first-order valence-electron chi connectivity index (χ1n) is 6.31. The highest BCUT2D eigenvalue weighted by atomic mass is 16.2.